The molecule has 0 aliphatic carbocycles. The minimum Gasteiger partial charge on any atom is -0.494 e. The molecular weight excluding hydrogens is 354 g/mol. The smallest absolute Gasteiger partial charge is 0.410 e. The van der Waals surface area contributed by atoms with Gasteiger partial charge < -0.3 is 14.6 Å². The van der Waals surface area contributed by atoms with Crippen LogP contribution in [0, 0.1) is 0 Å². The van der Waals surface area contributed by atoms with Crippen LogP contribution < -0.4 is 4.74 Å². The van der Waals surface area contributed by atoms with Crippen LogP contribution in [0.25, 0.3) is 0 Å². The van der Waals surface area contributed by atoms with E-state index in [-0.39, 0.29) is 12.7 Å². The molecule has 2 rings (SSSR count). The van der Waals surface area contributed by atoms with E-state index >= 15 is 0 Å². The third kappa shape index (κ3) is 6.89. The molecule has 28 heavy (non-hydrogen) atoms. The molecule has 5 heteroatoms. The molecule has 5 nitrogen and oxygen atoms in total. The van der Waals surface area contributed by atoms with E-state index in [0.717, 1.165) is 22.4 Å². The van der Waals surface area contributed by atoms with Gasteiger partial charge in [0.15, 0.2) is 0 Å². The maximum Gasteiger partial charge on any atom is 0.410 e. The molecule has 0 aliphatic rings. The summed E-state index contributed by atoms with van der Waals surface area (Å²) in [5.41, 5.74) is 2.39. The number of aliphatic hydroxyl groups is 1. The average molecular weight is 386 g/mol. The van der Waals surface area contributed by atoms with Gasteiger partial charge in [0, 0.05) is 18.7 Å². The van der Waals surface area contributed by atoms with Crippen molar-refractivity contribution in [3.05, 3.63) is 65.2 Å². The highest BCUT2D eigenvalue weighted by Crippen LogP contribution is 2.23. The number of ether oxygens (including phenoxy) is 2. The van der Waals surface area contributed by atoms with E-state index in [9.17, 15) is 9.90 Å². The number of nitrogens with zero attached hydrogens (tertiary/aromatic N) is 1. The first kappa shape index (κ1) is 21.8. The Hall–Kier alpha value is -2.53. The van der Waals surface area contributed by atoms with Gasteiger partial charge in [-0.1, -0.05) is 42.5 Å². The largest absolute Gasteiger partial charge is 0.494 e. The first-order valence-corrected chi connectivity index (χ1v) is 9.69. The number of rotatable bonds is 8. The standard InChI is InChI=1S/C23H31NO4/c1-5-27-21-12-7-6-11-20(21)17-24(22(26)28-23(2,3)4)16-19-10-8-9-18(15-19)13-14-25/h6-12,15,25H,5,13-14,16-17H2,1-4H3. The molecule has 2 aromatic rings. The van der Waals surface area contributed by atoms with E-state index < -0.39 is 5.60 Å². The first-order valence-electron chi connectivity index (χ1n) is 9.69. The Labute approximate surface area is 167 Å². The van der Waals surface area contributed by atoms with Gasteiger partial charge in [0.05, 0.1) is 13.2 Å². The van der Waals surface area contributed by atoms with Crippen molar-refractivity contribution in [2.45, 2.75) is 52.8 Å². The average Bonchev–Trinajstić information content (AvgIpc) is 2.62. The Morgan fingerprint density at radius 2 is 1.75 bits per heavy atom. The fourth-order valence-electron chi connectivity index (χ4n) is 2.88. The summed E-state index contributed by atoms with van der Waals surface area (Å²) in [5.74, 6) is 0.771. The highest BCUT2D eigenvalue weighted by atomic mass is 16.6. The van der Waals surface area contributed by atoms with Gasteiger partial charge in [-0.2, -0.15) is 0 Å². The lowest BCUT2D eigenvalue weighted by molar-refractivity contribution is 0.0215. The van der Waals surface area contributed by atoms with Crippen LogP contribution in [-0.2, 0) is 24.2 Å². The molecule has 152 valence electrons. The lowest BCUT2D eigenvalue weighted by Crippen LogP contribution is -2.36. The van der Waals surface area contributed by atoms with Crippen LogP contribution >= 0.6 is 0 Å². The van der Waals surface area contributed by atoms with Crippen molar-refractivity contribution in [3.63, 3.8) is 0 Å². The summed E-state index contributed by atoms with van der Waals surface area (Å²) in [4.78, 5) is 14.6. The zero-order chi connectivity index (χ0) is 20.6. The summed E-state index contributed by atoms with van der Waals surface area (Å²) < 4.78 is 11.3. The molecule has 1 amide bonds. The topological polar surface area (TPSA) is 59.0 Å². The number of hydrogen-bond acceptors (Lipinski definition) is 4. The van der Waals surface area contributed by atoms with Crippen LogP contribution in [0.5, 0.6) is 5.75 Å². The highest BCUT2D eigenvalue weighted by Gasteiger charge is 2.23. The molecule has 0 aromatic heterocycles. The number of aliphatic hydroxyl groups excluding tert-OH is 1. The minimum atomic E-state index is -0.576. The van der Waals surface area contributed by atoms with E-state index in [1.54, 1.807) is 4.90 Å². The van der Waals surface area contributed by atoms with Crippen molar-refractivity contribution >= 4 is 6.09 Å². The van der Waals surface area contributed by atoms with Crippen LogP contribution in [0.15, 0.2) is 48.5 Å². The number of carbonyl (C=O) groups is 1. The minimum absolute atomic E-state index is 0.0982. The lowest BCUT2D eigenvalue weighted by atomic mass is 10.1. The molecule has 1 N–H and O–H groups in total. The number of benzene rings is 2. The van der Waals surface area contributed by atoms with E-state index in [0.29, 0.717) is 26.1 Å². The molecular formula is C23H31NO4. The van der Waals surface area contributed by atoms with Gasteiger partial charge in [-0.3, -0.25) is 4.90 Å². The van der Waals surface area contributed by atoms with Crippen LogP contribution in [0.4, 0.5) is 4.79 Å². The zero-order valence-electron chi connectivity index (χ0n) is 17.3. The van der Waals surface area contributed by atoms with Crippen molar-refractivity contribution < 1.29 is 19.4 Å². The second kappa shape index (κ2) is 10.1. The molecule has 0 aliphatic heterocycles. The van der Waals surface area contributed by atoms with Gasteiger partial charge in [0.1, 0.15) is 11.4 Å². The third-order valence-corrected chi connectivity index (χ3v) is 4.05. The number of amides is 1. The predicted molar refractivity (Wildman–Crippen MR) is 110 cm³/mol. The zero-order valence-corrected chi connectivity index (χ0v) is 17.3. The van der Waals surface area contributed by atoms with E-state index in [2.05, 4.69) is 0 Å². The molecule has 0 heterocycles. The maximum absolute atomic E-state index is 12.9. The fourth-order valence-corrected chi connectivity index (χ4v) is 2.88. The second-order valence-corrected chi connectivity index (χ2v) is 7.67. The molecule has 0 saturated heterocycles. The number of para-hydroxylation sites is 1. The van der Waals surface area contributed by atoms with Crippen molar-refractivity contribution in [3.8, 4) is 5.75 Å². The van der Waals surface area contributed by atoms with Gasteiger partial charge in [-0.05, 0) is 51.3 Å². The van der Waals surface area contributed by atoms with Crippen LogP contribution in [0.1, 0.15) is 44.4 Å². The molecule has 0 atom stereocenters. The van der Waals surface area contributed by atoms with Gasteiger partial charge in [-0.15, -0.1) is 0 Å². The number of hydrogen-bond donors (Lipinski definition) is 1. The Morgan fingerprint density at radius 3 is 2.43 bits per heavy atom. The first-order chi connectivity index (χ1) is 13.3. The Balaban J connectivity index is 2.27. The monoisotopic (exact) mass is 385 g/mol. The lowest BCUT2D eigenvalue weighted by Gasteiger charge is -2.28. The normalized spacial score (nSPS) is 11.2. The fraction of sp³-hybridized carbons (Fsp3) is 0.435. The molecule has 0 unspecified atom stereocenters. The second-order valence-electron chi connectivity index (χ2n) is 7.67. The molecule has 0 saturated carbocycles. The Kier molecular flexibility index (Phi) is 7.88. The van der Waals surface area contributed by atoms with Gasteiger partial charge >= 0.3 is 6.09 Å². The third-order valence-electron chi connectivity index (χ3n) is 4.05. The van der Waals surface area contributed by atoms with E-state index in [1.807, 2.05) is 76.2 Å². The van der Waals surface area contributed by atoms with Crippen molar-refractivity contribution in [1.82, 2.24) is 4.90 Å². The molecule has 0 fully saturated rings. The summed E-state index contributed by atoms with van der Waals surface area (Å²) in [6.07, 6.45) is 0.222. The molecule has 0 spiro atoms. The van der Waals surface area contributed by atoms with Gasteiger partial charge in [0.2, 0.25) is 0 Å². The summed E-state index contributed by atoms with van der Waals surface area (Å²) in [6.45, 7) is 8.98. The van der Waals surface area contributed by atoms with Gasteiger partial charge in [-0.25, -0.2) is 4.79 Å². The van der Waals surface area contributed by atoms with Crippen molar-refractivity contribution in [2.24, 2.45) is 0 Å². The number of carbonyl (C=O) groups excluding carboxylic acids is 1. The Bertz CT molecular complexity index is 767. The van der Waals surface area contributed by atoms with E-state index in [4.69, 9.17) is 9.47 Å². The summed E-state index contributed by atoms with van der Waals surface area (Å²) in [7, 11) is 0. The summed E-state index contributed by atoms with van der Waals surface area (Å²) >= 11 is 0. The van der Waals surface area contributed by atoms with E-state index in [1.165, 1.54) is 0 Å². The summed E-state index contributed by atoms with van der Waals surface area (Å²) in [6, 6.07) is 15.6. The van der Waals surface area contributed by atoms with Crippen LogP contribution in [-0.4, -0.2) is 34.9 Å². The molecule has 2 aromatic carbocycles. The predicted octanol–water partition coefficient (Wildman–Crippen LogP) is 4.56. The van der Waals surface area contributed by atoms with Crippen LogP contribution in [0.2, 0.25) is 0 Å². The van der Waals surface area contributed by atoms with Crippen LogP contribution in [0.3, 0.4) is 0 Å². The SMILES string of the molecule is CCOc1ccccc1CN(Cc1cccc(CCO)c1)C(=O)OC(C)(C)C. The molecule has 0 bridgehead atoms. The quantitative estimate of drug-likeness (QED) is 0.724. The molecule has 0 radical (unpaired) electrons. The maximum atomic E-state index is 12.9. The Morgan fingerprint density at radius 1 is 1.04 bits per heavy atom. The van der Waals surface area contributed by atoms with Gasteiger partial charge in [0.25, 0.3) is 0 Å². The van der Waals surface area contributed by atoms with Crippen molar-refractivity contribution in [1.29, 1.82) is 0 Å². The summed E-state index contributed by atoms with van der Waals surface area (Å²) in [5, 5.41) is 9.19. The van der Waals surface area contributed by atoms with Crippen molar-refractivity contribution in [2.75, 3.05) is 13.2 Å². The highest BCUT2D eigenvalue weighted by molar-refractivity contribution is 5.68.